The lowest BCUT2D eigenvalue weighted by Crippen LogP contribution is -2.36. The Morgan fingerprint density at radius 1 is 1.00 bits per heavy atom. The monoisotopic (exact) mass is 507 g/mol. The molecule has 1 unspecified atom stereocenters. The van der Waals surface area contributed by atoms with E-state index < -0.39 is 29.8 Å². The van der Waals surface area contributed by atoms with Crippen LogP contribution in [0.5, 0.6) is 5.75 Å². The zero-order chi connectivity index (χ0) is 26.3. The van der Waals surface area contributed by atoms with Gasteiger partial charge in [0.2, 0.25) is 0 Å². The maximum Gasteiger partial charge on any atom is 0.410 e. The number of carbonyl (C=O) groups excluding carboxylic acids is 1. The lowest BCUT2D eigenvalue weighted by atomic mass is 10.1. The van der Waals surface area contributed by atoms with Crippen molar-refractivity contribution in [2.24, 2.45) is 0 Å². The molecule has 0 radical (unpaired) electrons. The topological polar surface area (TPSA) is 85.3 Å². The van der Waals surface area contributed by atoms with Gasteiger partial charge in [0, 0.05) is 31.2 Å². The number of carboxylic acid groups (broad SMARTS) is 1. The average Bonchev–Trinajstić information content (AvgIpc) is 2.85. The minimum absolute atomic E-state index is 0.0986. The Morgan fingerprint density at radius 3 is 2.39 bits per heavy atom. The fourth-order valence-corrected chi connectivity index (χ4v) is 3.52. The van der Waals surface area contributed by atoms with Crippen molar-refractivity contribution in [3.05, 3.63) is 65.2 Å². The average molecular weight is 508 g/mol. The molecule has 0 heterocycles. The van der Waals surface area contributed by atoms with E-state index in [-0.39, 0.29) is 31.7 Å². The number of ether oxygens (including phenoxy) is 3. The third-order valence-corrected chi connectivity index (χ3v) is 5.52. The highest BCUT2D eigenvalue weighted by atomic mass is 19.1. The quantitative estimate of drug-likeness (QED) is 0.298. The van der Waals surface area contributed by atoms with Crippen molar-refractivity contribution < 1.29 is 37.7 Å². The maximum atomic E-state index is 13.9. The summed E-state index contributed by atoms with van der Waals surface area (Å²) >= 11 is 0. The molecule has 198 valence electrons. The summed E-state index contributed by atoms with van der Waals surface area (Å²) in [6, 6.07) is 10.2. The number of hydrogen-bond donors (Lipinski definition) is 1. The predicted octanol–water partition coefficient (Wildman–Crippen LogP) is 5.59. The Kier molecular flexibility index (Phi) is 12.7. The highest BCUT2D eigenvalue weighted by molar-refractivity contribution is 5.72. The molecule has 9 heteroatoms. The molecule has 2 aromatic carbocycles. The Bertz CT molecular complexity index is 954. The van der Waals surface area contributed by atoms with Gasteiger partial charge in [0.25, 0.3) is 0 Å². The minimum atomic E-state index is -1.01. The van der Waals surface area contributed by atoms with Crippen molar-refractivity contribution >= 4 is 12.1 Å². The Balaban J connectivity index is 1.89. The van der Waals surface area contributed by atoms with Crippen LogP contribution in [0.1, 0.15) is 50.7 Å². The minimum Gasteiger partial charge on any atom is -0.492 e. The van der Waals surface area contributed by atoms with Crippen LogP contribution in [0.25, 0.3) is 0 Å². The lowest BCUT2D eigenvalue weighted by Gasteiger charge is -2.22. The van der Waals surface area contributed by atoms with Crippen LogP contribution in [0.2, 0.25) is 0 Å². The molecular formula is C27H35F2NO6. The highest BCUT2D eigenvalue weighted by Crippen LogP contribution is 2.16. The first kappa shape index (κ1) is 29.0. The number of rotatable bonds is 16. The van der Waals surface area contributed by atoms with Crippen molar-refractivity contribution in [3.8, 4) is 5.75 Å². The molecule has 0 aliphatic heterocycles. The largest absolute Gasteiger partial charge is 0.492 e. The first-order valence-electron chi connectivity index (χ1n) is 12.3. The van der Waals surface area contributed by atoms with E-state index in [0.717, 1.165) is 43.4 Å². The smallest absolute Gasteiger partial charge is 0.410 e. The standard InChI is InChI=1S/C27H35F2NO6/c1-3-5-6-7-14-30(27(33)36-19-21-10-11-22(28)18-24(21)29)15-16-35-23-12-8-20(9-13-23)17-25(26(31)32)34-4-2/h8-13,18,25H,3-7,14-17,19H2,1-2H3,(H,31,32). The molecule has 2 rings (SSSR count). The van der Waals surface area contributed by atoms with Gasteiger partial charge in [-0.25, -0.2) is 18.4 Å². The molecule has 0 aromatic heterocycles. The summed E-state index contributed by atoms with van der Waals surface area (Å²) in [5, 5.41) is 9.23. The molecule has 0 saturated heterocycles. The van der Waals surface area contributed by atoms with Crippen LogP contribution in [-0.4, -0.2) is 54.5 Å². The van der Waals surface area contributed by atoms with Gasteiger partial charge in [-0.05, 0) is 43.2 Å². The van der Waals surface area contributed by atoms with Crippen molar-refractivity contribution in [1.29, 1.82) is 0 Å². The van der Waals surface area contributed by atoms with Gasteiger partial charge in [-0.15, -0.1) is 0 Å². The number of carbonyl (C=O) groups is 2. The van der Waals surface area contributed by atoms with Crippen LogP contribution >= 0.6 is 0 Å². The lowest BCUT2D eigenvalue weighted by molar-refractivity contribution is -0.149. The fraction of sp³-hybridized carbons (Fsp3) is 0.481. The number of halogens is 2. The first-order chi connectivity index (χ1) is 17.3. The molecule has 1 N–H and O–H groups in total. The van der Waals surface area contributed by atoms with Crippen LogP contribution in [-0.2, 0) is 27.3 Å². The third-order valence-electron chi connectivity index (χ3n) is 5.52. The summed E-state index contributed by atoms with van der Waals surface area (Å²) in [6.07, 6.45) is 2.63. The van der Waals surface area contributed by atoms with E-state index >= 15 is 0 Å². The molecular weight excluding hydrogens is 472 g/mol. The van der Waals surface area contributed by atoms with Crippen LogP contribution in [0.3, 0.4) is 0 Å². The number of nitrogens with zero attached hydrogens (tertiary/aromatic N) is 1. The second-order valence-corrected chi connectivity index (χ2v) is 8.32. The van der Waals surface area contributed by atoms with E-state index in [1.54, 1.807) is 31.2 Å². The molecule has 7 nitrogen and oxygen atoms in total. The zero-order valence-electron chi connectivity index (χ0n) is 20.9. The van der Waals surface area contributed by atoms with Crippen LogP contribution < -0.4 is 4.74 Å². The van der Waals surface area contributed by atoms with Crippen molar-refractivity contribution in [3.63, 3.8) is 0 Å². The number of carboxylic acids is 1. The van der Waals surface area contributed by atoms with Gasteiger partial charge < -0.3 is 24.2 Å². The molecule has 1 atom stereocenters. The molecule has 36 heavy (non-hydrogen) atoms. The summed E-state index contributed by atoms with van der Waals surface area (Å²) in [5.41, 5.74) is 0.902. The zero-order valence-corrected chi connectivity index (χ0v) is 20.9. The summed E-state index contributed by atoms with van der Waals surface area (Å²) in [6.45, 7) is 4.82. The Labute approximate surface area is 211 Å². The molecule has 0 aliphatic rings. The van der Waals surface area contributed by atoms with Crippen LogP contribution in [0.4, 0.5) is 13.6 Å². The van der Waals surface area contributed by atoms with E-state index in [2.05, 4.69) is 6.92 Å². The van der Waals surface area contributed by atoms with Crippen LogP contribution in [0, 0.1) is 11.6 Å². The van der Waals surface area contributed by atoms with Gasteiger partial charge in [-0.3, -0.25) is 0 Å². The first-order valence-corrected chi connectivity index (χ1v) is 12.3. The van der Waals surface area contributed by atoms with Gasteiger partial charge in [-0.2, -0.15) is 0 Å². The molecule has 0 spiro atoms. The number of unbranched alkanes of at least 4 members (excludes halogenated alkanes) is 3. The Morgan fingerprint density at radius 2 is 1.75 bits per heavy atom. The van der Waals surface area contributed by atoms with E-state index in [1.165, 1.54) is 11.0 Å². The summed E-state index contributed by atoms with van der Waals surface area (Å²) < 4.78 is 43.2. The third kappa shape index (κ3) is 10.2. The van der Waals surface area contributed by atoms with Gasteiger partial charge in [0.15, 0.2) is 6.10 Å². The van der Waals surface area contributed by atoms with Gasteiger partial charge in [-0.1, -0.05) is 38.3 Å². The molecule has 0 aliphatic carbocycles. The van der Waals surface area contributed by atoms with Gasteiger partial charge in [0.05, 0.1) is 6.54 Å². The predicted molar refractivity (Wildman–Crippen MR) is 131 cm³/mol. The van der Waals surface area contributed by atoms with E-state index in [1.807, 2.05) is 0 Å². The number of benzene rings is 2. The second kappa shape index (κ2) is 15.7. The van der Waals surface area contributed by atoms with Gasteiger partial charge in [0.1, 0.15) is 30.6 Å². The van der Waals surface area contributed by atoms with E-state index in [9.17, 15) is 23.5 Å². The summed E-state index contributed by atoms with van der Waals surface area (Å²) in [5.74, 6) is -1.89. The summed E-state index contributed by atoms with van der Waals surface area (Å²) in [4.78, 5) is 25.4. The van der Waals surface area contributed by atoms with E-state index in [4.69, 9.17) is 14.2 Å². The van der Waals surface area contributed by atoms with Crippen LogP contribution in [0.15, 0.2) is 42.5 Å². The number of amides is 1. The van der Waals surface area contributed by atoms with Gasteiger partial charge >= 0.3 is 12.1 Å². The van der Waals surface area contributed by atoms with Crippen molar-refractivity contribution in [2.75, 3.05) is 26.3 Å². The van der Waals surface area contributed by atoms with Crippen molar-refractivity contribution in [1.82, 2.24) is 4.90 Å². The van der Waals surface area contributed by atoms with E-state index in [0.29, 0.717) is 18.9 Å². The number of hydrogen-bond acceptors (Lipinski definition) is 5. The normalized spacial score (nSPS) is 11.7. The second-order valence-electron chi connectivity index (χ2n) is 8.32. The molecule has 2 aromatic rings. The fourth-order valence-electron chi connectivity index (χ4n) is 3.52. The maximum absolute atomic E-state index is 13.9. The molecule has 0 saturated carbocycles. The SMILES string of the molecule is CCCCCCN(CCOc1ccc(CC(OCC)C(=O)O)cc1)C(=O)OCc1ccc(F)cc1F. The molecule has 1 amide bonds. The number of aliphatic carboxylic acids is 1. The highest BCUT2D eigenvalue weighted by Gasteiger charge is 2.18. The van der Waals surface area contributed by atoms with Crippen molar-refractivity contribution in [2.45, 2.75) is 58.7 Å². The summed E-state index contributed by atoms with van der Waals surface area (Å²) in [7, 11) is 0. The Hall–Kier alpha value is -3.20. The molecule has 0 bridgehead atoms. The molecule has 0 fully saturated rings.